The average Bonchev–Trinajstić information content (AvgIpc) is 2.98. The lowest BCUT2D eigenvalue weighted by molar-refractivity contribution is -0.113. The third-order valence-electron chi connectivity index (χ3n) is 3.13. The van der Waals surface area contributed by atoms with Crippen molar-refractivity contribution in [2.45, 2.75) is 16.7 Å². The maximum atomic E-state index is 13.5. The molecule has 23 heavy (non-hydrogen) atoms. The van der Waals surface area contributed by atoms with Crippen LogP contribution in [0.15, 0.2) is 28.2 Å². The molecule has 0 unspecified atom stereocenters. The number of carbonyl (C=O) groups excluding carboxylic acids is 1. The summed E-state index contributed by atoms with van der Waals surface area (Å²) in [6, 6.07) is 3.33. The first-order valence-electron chi connectivity index (χ1n) is 6.61. The lowest BCUT2D eigenvalue weighted by Gasteiger charge is -2.07. The second kappa shape index (κ2) is 6.71. The second-order valence-electron chi connectivity index (χ2n) is 4.72. The first-order chi connectivity index (χ1) is 11.0. The number of rotatable bonds is 4. The van der Waals surface area contributed by atoms with E-state index in [1.165, 1.54) is 6.07 Å². The van der Waals surface area contributed by atoms with E-state index >= 15 is 0 Å². The summed E-state index contributed by atoms with van der Waals surface area (Å²) in [7, 11) is 0. The number of benzene rings is 1. The molecule has 120 valence electrons. The monoisotopic (exact) mass is 355 g/mol. The van der Waals surface area contributed by atoms with Gasteiger partial charge in [-0.1, -0.05) is 17.8 Å². The summed E-state index contributed by atoms with van der Waals surface area (Å²) >= 11 is 2.61. The smallest absolute Gasteiger partial charge is 0.255 e. The van der Waals surface area contributed by atoms with E-state index < -0.39 is 23.2 Å². The topological polar surface area (TPSA) is 74.8 Å². The third kappa shape index (κ3) is 3.56. The summed E-state index contributed by atoms with van der Waals surface area (Å²) in [5, 5.41) is 2.50. The maximum absolute atomic E-state index is 13.5. The molecule has 1 aromatic carbocycles. The number of aromatic amines is 1. The number of H-pyrrole nitrogens is 1. The van der Waals surface area contributed by atoms with Gasteiger partial charge in [0.15, 0.2) is 5.16 Å². The predicted octanol–water partition coefficient (Wildman–Crippen LogP) is 2.53. The zero-order chi connectivity index (χ0) is 16.4. The van der Waals surface area contributed by atoms with Crippen molar-refractivity contribution in [2.24, 2.45) is 0 Å². The van der Waals surface area contributed by atoms with Crippen molar-refractivity contribution in [3.63, 3.8) is 0 Å². The molecule has 0 fully saturated rings. The number of hydrogen-bond donors (Lipinski definition) is 2. The van der Waals surface area contributed by atoms with Gasteiger partial charge >= 0.3 is 0 Å². The van der Waals surface area contributed by atoms with Crippen LogP contribution >= 0.6 is 23.5 Å². The van der Waals surface area contributed by atoms with Gasteiger partial charge in [0.25, 0.3) is 5.56 Å². The highest BCUT2D eigenvalue weighted by atomic mass is 32.2. The fraction of sp³-hybridized carbons (Fsp3) is 0.214. The summed E-state index contributed by atoms with van der Waals surface area (Å²) in [5.41, 5.74) is 0.701. The van der Waals surface area contributed by atoms with Gasteiger partial charge in [0.1, 0.15) is 17.3 Å². The van der Waals surface area contributed by atoms with E-state index in [-0.39, 0.29) is 11.3 Å². The number of anilines is 1. The number of hydrogen-bond acceptors (Lipinski definition) is 5. The fourth-order valence-corrected chi connectivity index (χ4v) is 3.75. The summed E-state index contributed by atoms with van der Waals surface area (Å²) < 4.78 is 26.9. The summed E-state index contributed by atoms with van der Waals surface area (Å²) in [4.78, 5) is 30.5. The van der Waals surface area contributed by atoms with E-state index in [1.54, 1.807) is 11.8 Å². The second-order valence-corrected chi connectivity index (χ2v) is 6.67. The minimum absolute atomic E-state index is 0.122. The quantitative estimate of drug-likeness (QED) is 0.651. The van der Waals surface area contributed by atoms with Crippen LogP contribution in [0.5, 0.6) is 0 Å². The van der Waals surface area contributed by atoms with Gasteiger partial charge in [0.2, 0.25) is 5.91 Å². The van der Waals surface area contributed by atoms with E-state index in [1.807, 2.05) is 0 Å². The zero-order valence-corrected chi connectivity index (χ0v) is 13.3. The van der Waals surface area contributed by atoms with E-state index in [0.717, 1.165) is 29.6 Å². The first kappa shape index (κ1) is 16.0. The Kier molecular flexibility index (Phi) is 4.67. The molecule has 0 saturated heterocycles. The molecular formula is C14H11F2N3O2S2. The molecule has 5 nitrogen and oxygen atoms in total. The van der Waals surface area contributed by atoms with Gasteiger partial charge in [-0.25, -0.2) is 13.8 Å². The van der Waals surface area contributed by atoms with Crippen LogP contribution in [0.1, 0.15) is 11.3 Å². The molecule has 0 radical (unpaired) electrons. The van der Waals surface area contributed by atoms with Crippen LogP contribution in [0.2, 0.25) is 0 Å². The van der Waals surface area contributed by atoms with Gasteiger partial charge in [-0.15, -0.1) is 0 Å². The van der Waals surface area contributed by atoms with Gasteiger partial charge in [-0.2, -0.15) is 11.8 Å². The van der Waals surface area contributed by atoms with Gasteiger partial charge < -0.3 is 10.3 Å². The van der Waals surface area contributed by atoms with Crippen molar-refractivity contribution in [2.75, 3.05) is 11.1 Å². The Morgan fingerprint density at radius 1 is 1.35 bits per heavy atom. The number of nitrogens with zero attached hydrogens (tertiary/aromatic N) is 1. The molecule has 1 aliphatic rings. The average molecular weight is 355 g/mol. The highest BCUT2D eigenvalue weighted by molar-refractivity contribution is 7.99. The Balaban J connectivity index is 1.66. The zero-order valence-electron chi connectivity index (χ0n) is 11.7. The molecule has 0 aliphatic carbocycles. The molecule has 1 aromatic heterocycles. The Hall–Kier alpha value is -1.87. The number of thioether (sulfide) groups is 2. The number of amides is 1. The molecule has 0 saturated carbocycles. The van der Waals surface area contributed by atoms with Gasteiger partial charge in [0, 0.05) is 17.1 Å². The van der Waals surface area contributed by atoms with E-state index in [2.05, 4.69) is 15.3 Å². The van der Waals surface area contributed by atoms with E-state index in [4.69, 9.17) is 0 Å². The Morgan fingerprint density at radius 2 is 2.09 bits per heavy atom. The normalized spacial score (nSPS) is 13.0. The number of nitrogens with one attached hydrogen (secondary N) is 2. The maximum Gasteiger partial charge on any atom is 0.255 e. The molecule has 0 spiro atoms. The van der Waals surface area contributed by atoms with Crippen LogP contribution in [0.3, 0.4) is 0 Å². The SMILES string of the molecule is O=C(CSc1nc2c(c(=O)[nH]1)CSC2)Nc1c(F)cccc1F. The molecule has 2 N–H and O–H groups in total. The van der Waals surface area contributed by atoms with Crippen molar-refractivity contribution in [1.29, 1.82) is 0 Å². The number of halogens is 2. The Labute approximate surface area is 138 Å². The van der Waals surface area contributed by atoms with Crippen molar-refractivity contribution in [1.82, 2.24) is 9.97 Å². The van der Waals surface area contributed by atoms with Crippen molar-refractivity contribution < 1.29 is 13.6 Å². The molecule has 1 amide bonds. The number of para-hydroxylation sites is 1. The van der Waals surface area contributed by atoms with Gasteiger partial charge in [-0.3, -0.25) is 9.59 Å². The summed E-state index contributed by atoms with van der Waals surface area (Å²) in [5.74, 6) is -1.09. The van der Waals surface area contributed by atoms with E-state index in [9.17, 15) is 18.4 Å². The first-order valence-corrected chi connectivity index (χ1v) is 8.75. The third-order valence-corrected chi connectivity index (χ3v) is 4.98. The highest BCUT2D eigenvalue weighted by Gasteiger charge is 2.18. The Morgan fingerprint density at radius 3 is 2.83 bits per heavy atom. The molecular weight excluding hydrogens is 344 g/mol. The van der Waals surface area contributed by atoms with Crippen molar-refractivity contribution >= 4 is 35.1 Å². The number of aromatic nitrogens is 2. The molecule has 9 heteroatoms. The molecule has 0 bridgehead atoms. The predicted molar refractivity (Wildman–Crippen MR) is 85.6 cm³/mol. The van der Waals surface area contributed by atoms with Crippen LogP contribution in [-0.4, -0.2) is 21.6 Å². The van der Waals surface area contributed by atoms with Crippen LogP contribution in [0, 0.1) is 11.6 Å². The minimum atomic E-state index is -0.843. The number of fused-ring (bicyclic) bond motifs is 1. The molecule has 2 heterocycles. The number of carbonyl (C=O) groups is 1. The lowest BCUT2D eigenvalue weighted by atomic mass is 10.3. The van der Waals surface area contributed by atoms with Gasteiger partial charge in [-0.05, 0) is 12.1 Å². The minimum Gasteiger partial charge on any atom is -0.320 e. The lowest BCUT2D eigenvalue weighted by Crippen LogP contribution is -2.18. The fourth-order valence-electron chi connectivity index (χ4n) is 2.03. The van der Waals surface area contributed by atoms with Crippen molar-refractivity contribution in [3.8, 4) is 0 Å². The Bertz CT molecular complexity index is 806. The summed E-state index contributed by atoms with van der Waals surface area (Å²) in [6.45, 7) is 0. The molecule has 0 atom stereocenters. The van der Waals surface area contributed by atoms with Crippen LogP contribution in [0.4, 0.5) is 14.5 Å². The van der Waals surface area contributed by atoms with Crippen LogP contribution in [0.25, 0.3) is 0 Å². The summed E-state index contributed by atoms with van der Waals surface area (Å²) in [6.07, 6.45) is 0. The molecule has 2 aromatic rings. The van der Waals surface area contributed by atoms with Crippen LogP contribution in [-0.2, 0) is 16.3 Å². The highest BCUT2D eigenvalue weighted by Crippen LogP contribution is 2.26. The van der Waals surface area contributed by atoms with Crippen LogP contribution < -0.4 is 10.9 Å². The van der Waals surface area contributed by atoms with E-state index in [0.29, 0.717) is 22.2 Å². The standard InChI is InChI=1S/C14H11F2N3O2S2/c15-8-2-1-3-9(16)12(8)18-11(20)6-23-14-17-10-5-22-4-7(10)13(21)19-14/h1-3H,4-6H2,(H,18,20)(H,17,19,21). The van der Waals surface area contributed by atoms with Gasteiger partial charge in [0.05, 0.1) is 11.4 Å². The molecule has 3 rings (SSSR count). The largest absolute Gasteiger partial charge is 0.320 e. The molecule has 1 aliphatic heterocycles. The van der Waals surface area contributed by atoms with Crippen molar-refractivity contribution in [3.05, 3.63) is 51.4 Å².